The lowest BCUT2D eigenvalue weighted by molar-refractivity contribution is 0.100. The van der Waals surface area contributed by atoms with E-state index in [4.69, 9.17) is 10.5 Å². The maximum atomic E-state index is 13.7. The van der Waals surface area contributed by atoms with Crippen LogP contribution < -0.4 is 5.73 Å². The summed E-state index contributed by atoms with van der Waals surface area (Å²) in [6, 6.07) is 12.7. The minimum atomic E-state index is -1.51. The molecular weight excluding hydrogens is 381 g/mol. The summed E-state index contributed by atoms with van der Waals surface area (Å²) in [6.45, 7) is 0.451. The Morgan fingerprint density at radius 3 is 2.38 bits per heavy atom. The molecule has 0 spiro atoms. The quantitative estimate of drug-likeness (QED) is 0.503. The van der Waals surface area contributed by atoms with Crippen LogP contribution in [0.25, 0.3) is 21.8 Å². The highest BCUT2D eigenvalue weighted by Crippen LogP contribution is 2.33. The molecule has 1 amide bonds. The van der Waals surface area contributed by atoms with Gasteiger partial charge in [0.2, 0.25) is 5.91 Å². The Hall–Kier alpha value is -3.32. The summed E-state index contributed by atoms with van der Waals surface area (Å²) >= 11 is 0. The third-order valence-corrected chi connectivity index (χ3v) is 4.92. The first-order chi connectivity index (χ1) is 13.9. The average Bonchev–Trinajstić information content (AvgIpc) is 2.99. The van der Waals surface area contributed by atoms with Gasteiger partial charge in [-0.25, -0.2) is 13.2 Å². The zero-order valence-electron chi connectivity index (χ0n) is 15.5. The van der Waals surface area contributed by atoms with Gasteiger partial charge in [0.05, 0.1) is 12.1 Å². The molecule has 0 saturated carbocycles. The Morgan fingerprint density at radius 1 is 1.00 bits per heavy atom. The molecule has 4 aromatic rings. The fourth-order valence-electron chi connectivity index (χ4n) is 3.70. The Labute approximate surface area is 164 Å². The number of primary amides is 1. The molecule has 7 heteroatoms. The molecule has 1 aromatic heterocycles. The highest BCUT2D eigenvalue weighted by Gasteiger charge is 2.18. The SMILES string of the molecule is COCc1ccc2c3c(C(N)=O)cccc3n(Cc3cc(F)c(F)c(F)c3)c2c1. The first kappa shape index (κ1) is 19.0. The van der Waals surface area contributed by atoms with Crippen molar-refractivity contribution in [3.05, 3.63) is 82.7 Å². The van der Waals surface area contributed by atoms with Crippen LogP contribution in [0.15, 0.2) is 48.5 Å². The Bertz CT molecular complexity index is 1240. The highest BCUT2D eigenvalue weighted by atomic mass is 19.2. The van der Waals surface area contributed by atoms with Crippen LogP contribution in [0.2, 0.25) is 0 Å². The predicted octanol–water partition coefficient (Wildman–Crippen LogP) is 4.51. The van der Waals surface area contributed by atoms with E-state index >= 15 is 0 Å². The van der Waals surface area contributed by atoms with Gasteiger partial charge in [0.15, 0.2) is 17.5 Å². The number of nitrogens with zero attached hydrogens (tertiary/aromatic N) is 1. The van der Waals surface area contributed by atoms with E-state index < -0.39 is 23.4 Å². The number of fused-ring (bicyclic) bond motifs is 3. The van der Waals surface area contributed by atoms with Crippen LogP contribution in [0.4, 0.5) is 13.2 Å². The molecule has 1 heterocycles. The van der Waals surface area contributed by atoms with Crippen molar-refractivity contribution in [2.24, 2.45) is 5.73 Å². The highest BCUT2D eigenvalue weighted by molar-refractivity contribution is 6.17. The van der Waals surface area contributed by atoms with E-state index in [9.17, 15) is 18.0 Å². The summed E-state index contributed by atoms with van der Waals surface area (Å²) in [7, 11) is 1.58. The number of rotatable bonds is 5. The lowest BCUT2D eigenvalue weighted by Gasteiger charge is -2.10. The Kier molecular flexibility index (Phi) is 4.76. The second-order valence-corrected chi connectivity index (χ2v) is 6.81. The van der Waals surface area contributed by atoms with Gasteiger partial charge in [-0.1, -0.05) is 18.2 Å². The van der Waals surface area contributed by atoms with Crippen molar-refractivity contribution in [2.45, 2.75) is 13.2 Å². The van der Waals surface area contributed by atoms with Crippen LogP contribution in [0.3, 0.4) is 0 Å². The molecule has 0 aliphatic heterocycles. The molecule has 3 aromatic carbocycles. The number of nitrogens with two attached hydrogens (primary N) is 1. The summed E-state index contributed by atoms with van der Waals surface area (Å²) in [5.74, 6) is -4.58. The molecule has 0 saturated heterocycles. The zero-order valence-corrected chi connectivity index (χ0v) is 15.5. The fraction of sp³-hybridized carbons (Fsp3) is 0.136. The minimum absolute atomic E-state index is 0.0762. The molecule has 0 atom stereocenters. The topological polar surface area (TPSA) is 57.2 Å². The van der Waals surface area contributed by atoms with Crippen molar-refractivity contribution >= 4 is 27.7 Å². The standard InChI is InChI=1S/C22H17F3N2O2/c1-29-11-12-5-6-14-19(9-12)27(10-13-7-16(23)21(25)17(24)8-13)18-4-2-3-15(20(14)18)22(26)28/h2-9H,10-11H2,1H3,(H2,26,28). The van der Waals surface area contributed by atoms with Crippen molar-refractivity contribution in [3.63, 3.8) is 0 Å². The summed E-state index contributed by atoms with van der Waals surface area (Å²) in [5.41, 5.74) is 8.47. The van der Waals surface area contributed by atoms with Gasteiger partial charge < -0.3 is 15.0 Å². The van der Waals surface area contributed by atoms with E-state index in [2.05, 4.69) is 0 Å². The van der Waals surface area contributed by atoms with Crippen LogP contribution >= 0.6 is 0 Å². The van der Waals surface area contributed by atoms with E-state index in [0.29, 0.717) is 23.1 Å². The van der Waals surface area contributed by atoms with Gasteiger partial charge in [-0.3, -0.25) is 4.79 Å². The average molecular weight is 398 g/mol. The number of aromatic nitrogens is 1. The van der Waals surface area contributed by atoms with Crippen LogP contribution in [0, 0.1) is 17.5 Å². The fourth-order valence-corrected chi connectivity index (χ4v) is 3.70. The lowest BCUT2D eigenvalue weighted by atomic mass is 10.0. The van der Waals surface area contributed by atoms with Gasteiger partial charge in [0.1, 0.15) is 0 Å². The molecule has 0 unspecified atom stereocenters. The molecule has 29 heavy (non-hydrogen) atoms. The summed E-state index contributed by atoms with van der Waals surface area (Å²) in [5, 5.41) is 1.43. The number of benzene rings is 3. The number of hydrogen-bond donors (Lipinski definition) is 1. The van der Waals surface area contributed by atoms with E-state index in [-0.39, 0.29) is 12.1 Å². The van der Waals surface area contributed by atoms with Crippen LogP contribution in [0.1, 0.15) is 21.5 Å². The number of carbonyl (C=O) groups excluding carboxylic acids is 1. The van der Waals surface area contributed by atoms with Gasteiger partial charge in [-0.05, 0) is 41.5 Å². The normalized spacial score (nSPS) is 11.4. The Morgan fingerprint density at radius 2 is 1.72 bits per heavy atom. The maximum absolute atomic E-state index is 13.7. The minimum Gasteiger partial charge on any atom is -0.380 e. The summed E-state index contributed by atoms with van der Waals surface area (Å²) < 4.78 is 47.8. The van der Waals surface area contributed by atoms with Crippen LogP contribution in [-0.2, 0) is 17.9 Å². The second kappa shape index (κ2) is 7.25. The van der Waals surface area contributed by atoms with E-state index in [1.807, 2.05) is 22.8 Å². The molecule has 0 bridgehead atoms. The van der Waals surface area contributed by atoms with Gasteiger partial charge in [-0.2, -0.15) is 0 Å². The molecule has 148 valence electrons. The number of amides is 1. The molecule has 2 N–H and O–H groups in total. The third-order valence-electron chi connectivity index (χ3n) is 4.92. The Balaban J connectivity index is 2.01. The van der Waals surface area contributed by atoms with E-state index in [1.165, 1.54) is 0 Å². The molecule has 4 rings (SSSR count). The van der Waals surface area contributed by atoms with Gasteiger partial charge in [-0.15, -0.1) is 0 Å². The van der Waals surface area contributed by atoms with Crippen molar-refractivity contribution in [3.8, 4) is 0 Å². The van der Waals surface area contributed by atoms with Crippen molar-refractivity contribution < 1.29 is 22.7 Å². The smallest absolute Gasteiger partial charge is 0.249 e. The first-order valence-electron chi connectivity index (χ1n) is 8.86. The molecular formula is C22H17F3N2O2. The number of methoxy groups -OCH3 is 1. The zero-order chi connectivity index (χ0) is 20.7. The van der Waals surface area contributed by atoms with Crippen LogP contribution in [0.5, 0.6) is 0 Å². The molecule has 0 radical (unpaired) electrons. The number of carbonyl (C=O) groups is 1. The lowest BCUT2D eigenvalue weighted by Crippen LogP contribution is -2.11. The van der Waals surface area contributed by atoms with Crippen molar-refractivity contribution in [1.82, 2.24) is 4.57 Å². The summed E-state index contributed by atoms with van der Waals surface area (Å²) in [6.07, 6.45) is 0. The second-order valence-electron chi connectivity index (χ2n) is 6.81. The number of hydrogen-bond acceptors (Lipinski definition) is 2. The largest absolute Gasteiger partial charge is 0.380 e. The summed E-state index contributed by atoms with van der Waals surface area (Å²) in [4.78, 5) is 12.0. The van der Waals surface area contributed by atoms with Gasteiger partial charge in [0, 0.05) is 35.5 Å². The van der Waals surface area contributed by atoms with Gasteiger partial charge in [0.25, 0.3) is 0 Å². The monoisotopic (exact) mass is 398 g/mol. The van der Waals surface area contributed by atoms with E-state index in [0.717, 1.165) is 28.6 Å². The third kappa shape index (κ3) is 3.23. The molecule has 0 fully saturated rings. The van der Waals surface area contributed by atoms with Crippen molar-refractivity contribution in [1.29, 1.82) is 0 Å². The molecule has 0 aliphatic carbocycles. The number of halogens is 3. The molecule has 4 nitrogen and oxygen atoms in total. The molecule has 0 aliphatic rings. The maximum Gasteiger partial charge on any atom is 0.249 e. The van der Waals surface area contributed by atoms with Gasteiger partial charge >= 0.3 is 0 Å². The number of ether oxygens (including phenoxy) is 1. The first-order valence-corrected chi connectivity index (χ1v) is 8.86. The van der Waals surface area contributed by atoms with Crippen LogP contribution in [-0.4, -0.2) is 17.6 Å². The predicted molar refractivity (Wildman–Crippen MR) is 104 cm³/mol. The van der Waals surface area contributed by atoms with E-state index in [1.54, 1.807) is 25.3 Å². The van der Waals surface area contributed by atoms with Crippen molar-refractivity contribution in [2.75, 3.05) is 7.11 Å².